The molecule has 0 aliphatic carbocycles. The smallest absolute Gasteiger partial charge is 0.303 e. The van der Waals surface area contributed by atoms with Crippen LogP contribution in [0.5, 0.6) is 0 Å². The number of aliphatic carboxylic acids is 1. The molecule has 26 heavy (non-hydrogen) atoms. The largest absolute Gasteiger partial charge is 0.481 e. The Balaban J connectivity index is 3.41. The molecule has 0 unspecified atom stereocenters. The zero-order chi connectivity index (χ0) is 22.7. The molecule has 0 aromatic heterocycles. The van der Waals surface area contributed by atoms with Gasteiger partial charge in [0, 0.05) is 11.9 Å². The summed E-state index contributed by atoms with van der Waals surface area (Å²) in [6.07, 6.45) is 19.9. The van der Waals surface area contributed by atoms with E-state index in [0.29, 0.717) is 6.42 Å². The van der Waals surface area contributed by atoms with Crippen molar-refractivity contribution in [3.8, 4) is 0 Å². The Kier molecular flexibility index (Phi) is 15.9. The molecule has 0 aromatic rings. The van der Waals surface area contributed by atoms with Crippen molar-refractivity contribution in [1.82, 2.24) is 0 Å². The molecule has 0 radical (unpaired) electrons. The van der Waals surface area contributed by atoms with Crippen LogP contribution < -0.4 is 0 Å². The molecular weight excluding hydrogens is 320 g/mol. The average molecular weight is 371 g/mol. The van der Waals surface area contributed by atoms with Gasteiger partial charge in [-0.15, -0.1) is 0 Å². The number of rotatable bonds is 21. The van der Waals surface area contributed by atoms with Crippen LogP contribution in [0, 0.1) is 0 Å². The predicted molar refractivity (Wildman–Crippen MR) is 115 cm³/mol. The second kappa shape index (κ2) is 22.3. The first-order chi connectivity index (χ1) is 14.3. The van der Waals surface area contributed by atoms with Crippen molar-refractivity contribution in [2.75, 3.05) is 0 Å². The van der Waals surface area contributed by atoms with Crippen LogP contribution in [-0.2, 0) is 4.79 Å². The van der Waals surface area contributed by atoms with E-state index in [4.69, 9.17) is 10.6 Å². The fourth-order valence-corrected chi connectivity index (χ4v) is 3.13. The monoisotopic (exact) mass is 370 g/mol. The molecule has 0 saturated heterocycles. The number of allylic oxidation sites excluding steroid dienone is 2. The van der Waals surface area contributed by atoms with Crippen LogP contribution in [0.1, 0.15) is 141 Å². The SMILES string of the molecule is [2H]C([2H])(CCCCCCCCCCC/C=C\CCCCCCCC)C([2H])([2H])C(=O)O. The van der Waals surface area contributed by atoms with Gasteiger partial charge >= 0.3 is 5.97 Å². The molecule has 0 atom stereocenters. The highest BCUT2D eigenvalue weighted by atomic mass is 16.4. The third kappa shape index (κ3) is 23.2. The van der Waals surface area contributed by atoms with Crippen molar-refractivity contribution < 1.29 is 15.4 Å². The maximum absolute atomic E-state index is 10.8. The molecule has 0 rings (SSSR count). The summed E-state index contributed by atoms with van der Waals surface area (Å²) < 4.78 is 30.1. The summed E-state index contributed by atoms with van der Waals surface area (Å²) >= 11 is 0. The standard InChI is InChI=1S/C24H46O2/c1-2-3-4-5-6-7-8-9-10-11-12-13-14-15-16-17-18-19-20-21-22-23-24(25)26/h9-10H,2-8,11-23H2,1H3,(H,25,26)/b10-9-/i22D2,23D2. The number of hydrogen-bond acceptors (Lipinski definition) is 1. The summed E-state index contributed by atoms with van der Waals surface area (Å²) in [6.45, 7) is 2.26. The summed E-state index contributed by atoms with van der Waals surface area (Å²) in [5.74, 6) is -1.72. The van der Waals surface area contributed by atoms with Gasteiger partial charge in [-0.25, -0.2) is 0 Å². The maximum atomic E-state index is 10.8. The van der Waals surface area contributed by atoms with E-state index >= 15 is 0 Å². The summed E-state index contributed by atoms with van der Waals surface area (Å²) in [4.78, 5) is 10.8. The van der Waals surface area contributed by atoms with E-state index in [2.05, 4.69) is 19.1 Å². The molecular formula is C24H46O2. The zero-order valence-corrected chi connectivity index (χ0v) is 17.2. The van der Waals surface area contributed by atoms with Gasteiger partial charge in [-0.1, -0.05) is 109 Å². The van der Waals surface area contributed by atoms with Crippen molar-refractivity contribution in [2.24, 2.45) is 0 Å². The van der Waals surface area contributed by atoms with Gasteiger partial charge in [-0.2, -0.15) is 0 Å². The van der Waals surface area contributed by atoms with E-state index in [-0.39, 0.29) is 6.42 Å². The number of unbranched alkanes of at least 4 members (excludes halogenated alkanes) is 15. The van der Waals surface area contributed by atoms with Crippen LogP contribution in [0.2, 0.25) is 0 Å². The quantitative estimate of drug-likeness (QED) is 0.162. The maximum Gasteiger partial charge on any atom is 0.303 e. The van der Waals surface area contributed by atoms with Crippen molar-refractivity contribution in [3.05, 3.63) is 12.2 Å². The second-order valence-corrected chi connectivity index (χ2v) is 7.36. The molecule has 2 heteroatoms. The van der Waals surface area contributed by atoms with Crippen molar-refractivity contribution in [2.45, 2.75) is 135 Å². The van der Waals surface area contributed by atoms with Crippen molar-refractivity contribution in [1.29, 1.82) is 0 Å². The minimum absolute atomic E-state index is 0.0430. The zero-order valence-electron chi connectivity index (χ0n) is 21.2. The normalized spacial score (nSPS) is 14.8. The summed E-state index contributed by atoms with van der Waals surface area (Å²) in [5, 5.41) is 8.82. The van der Waals surface area contributed by atoms with E-state index in [9.17, 15) is 4.79 Å². The van der Waals surface area contributed by atoms with Crippen LogP contribution in [0.4, 0.5) is 0 Å². The molecule has 0 bridgehead atoms. The van der Waals surface area contributed by atoms with Crippen LogP contribution in [0.3, 0.4) is 0 Å². The molecule has 0 fully saturated rings. The molecule has 0 amide bonds. The lowest BCUT2D eigenvalue weighted by Gasteiger charge is -2.02. The number of carboxylic acid groups (broad SMARTS) is 1. The van der Waals surface area contributed by atoms with E-state index in [1.54, 1.807) is 0 Å². The van der Waals surface area contributed by atoms with E-state index in [1.165, 1.54) is 83.5 Å². The Bertz CT molecular complexity index is 450. The lowest BCUT2D eigenvalue weighted by molar-refractivity contribution is -0.137. The van der Waals surface area contributed by atoms with Crippen LogP contribution in [0.25, 0.3) is 0 Å². The van der Waals surface area contributed by atoms with Gasteiger partial charge in [-0.05, 0) is 32.1 Å². The Morgan fingerprint density at radius 3 is 1.50 bits per heavy atom. The molecule has 0 aliphatic heterocycles. The third-order valence-electron chi connectivity index (χ3n) is 4.76. The highest BCUT2D eigenvalue weighted by Crippen LogP contribution is 2.13. The van der Waals surface area contributed by atoms with Gasteiger partial charge in [0.15, 0.2) is 0 Å². The molecule has 0 saturated carbocycles. The lowest BCUT2D eigenvalue weighted by atomic mass is 10.0. The molecule has 0 heterocycles. The molecule has 2 nitrogen and oxygen atoms in total. The van der Waals surface area contributed by atoms with Gasteiger partial charge in [0.25, 0.3) is 0 Å². The summed E-state index contributed by atoms with van der Waals surface area (Å²) in [6, 6.07) is 0. The van der Waals surface area contributed by atoms with Crippen LogP contribution >= 0.6 is 0 Å². The number of carbonyl (C=O) groups is 1. The van der Waals surface area contributed by atoms with Gasteiger partial charge in [0.05, 0.1) is 0 Å². The highest BCUT2D eigenvalue weighted by molar-refractivity contribution is 5.66. The molecule has 0 aliphatic rings. The van der Waals surface area contributed by atoms with E-state index in [0.717, 1.165) is 19.3 Å². The van der Waals surface area contributed by atoms with Gasteiger partial charge in [0.2, 0.25) is 0 Å². The summed E-state index contributed by atoms with van der Waals surface area (Å²) in [7, 11) is 0. The van der Waals surface area contributed by atoms with E-state index < -0.39 is 18.7 Å². The van der Waals surface area contributed by atoms with E-state index in [1.807, 2.05) is 0 Å². The first-order valence-corrected chi connectivity index (χ1v) is 11.1. The number of hydrogen-bond donors (Lipinski definition) is 1. The molecule has 0 aromatic carbocycles. The Labute approximate surface area is 169 Å². The molecule has 154 valence electrons. The Morgan fingerprint density at radius 1 is 0.692 bits per heavy atom. The fraction of sp³-hybridized carbons (Fsp3) is 0.875. The van der Waals surface area contributed by atoms with Crippen molar-refractivity contribution in [3.63, 3.8) is 0 Å². The average Bonchev–Trinajstić information content (AvgIpc) is 2.69. The minimum atomic E-state index is -2.82. The highest BCUT2D eigenvalue weighted by Gasteiger charge is 1.97. The molecule has 0 spiro atoms. The first kappa shape index (κ1) is 18.6. The topological polar surface area (TPSA) is 37.3 Å². The predicted octanol–water partition coefficient (Wildman–Crippen LogP) is 8.45. The Morgan fingerprint density at radius 2 is 1.08 bits per heavy atom. The second-order valence-electron chi connectivity index (χ2n) is 7.36. The van der Waals surface area contributed by atoms with Crippen molar-refractivity contribution >= 4 is 5.97 Å². The van der Waals surface area contributed by atoms with Crippen LogP contribution in [-0.4, -0.2) is 11.1 Å². The Hall–Kier alpha value is -0.790. The third-order valence-corrected chi connectivity index (χ3v) is 4.76. The van der Waals surface area contributed by atoms with Gasteiger partial charge < -0.3 is 5.11 Å². The fourth-order valence-electron chi connectivity index (χ4n) is 3.13. The van der Waals surface area contributed by atoms with Gasteiger partial charge in [0.1, 0.15) is 0 Å². The number of carboxylic acids is 1. The first-order valence-electron chi connectivity index (χ1n) is 13.1. The van der Waals surface area contributed by atoms with Crippen LogP contribution in [0.15, 0.2) is 12.2 Å². The summed E-state index contributed by atoms with van der Waals surface area (Å²) in [5.41, 5.74) is 0. The minimum Gasteiger partial charge on any atom is -0.481 e. The molecule has 1 N–H and O–H groups in total. The van der Waals surface area contributed by atoms with Gasteiger partial charge in [-0.3, -0.25) is 4.79 Å². The lowest BCUT2D eigenvalue weighted by Crippen LogP contribution is -1.93.